The first-order chi connectivity index (χ1) is 12.3. The summed E-state index contributed by atoms with van der Waals surface area (Å²) in [6, 6.07) is 0. The lowest BCUT2D eigenvalue weighted by atomic mass is 9.96. The Morgan fingerprint density at radius 1 is 1.15 bits per heavy atom. The second-order valence-electron chi connectivity index (χ2n) is 8.08. The molecule has 1 unspecified atom stereocenters. The quantitative estimate of drug-likeness (QED) is 0.703. The van der Waals surface area contributed by atoms with Gasteiger partial charge < -0.3 is 9.32 Å². The smallest absolute Gasteiger partial charge is 0.239 e. The van der Waals surface area contributed by atoms with E-state index >= 15 is 0 Å². The van der Waals surface area contributed by atoms with Crippen LogP contribution < -0.4 is 4.90 Å². The predicted octanol–water partition coefficient (Wildman–Crippen LogP) is 2.10. The molecule has 1 fully saturated rings. The third kappa shape index (κ3) is 3.13. The Hall–Kier alpha value is -2.58. The van der Waals surface area contributed by atoms with Gasteiger partial charge in [0.05, 0.1) is 0 Å². The number of anilines is 1. The monoisotopic (exact) mass is 356 g/mol. The average Bonchev–Trinajstić information content (AvgIpc) is 3.25. The molecule has 4 rings (SSSR count). The Morgan fingerprint density at radius 2 is 1.96 bits per heavy atom. The van der Waals surface area contributed by atoms with E-state index in [1.54, 1.807) is 11.7 Å². The highest BCUT2D eigenvalue weighted by Crippen LogP contribution is 2.30. The first kappa shape index (κ1) is 16.9. The van der Waals surface area contributed by atoms with Crippen molar-refractivity contribution >= 4 is 17.0 Å². The molecule has 1 saturated heterocycles. The molecule has 1 aliphatic heterocycles. The van der Waals surface area contributed by atoms with Crippen LogP contribution >= 0.6 is 0 Å². The van der Waals surface area contributed by atoms with Crippen LogP contribution in [0.4, 0.5) is 5.82 Å². The summed E-state index contributed by atoms with van der Waals surface area (Å²) in [6.45, 7) is 12.6. The van der Waals surface area contributed by atoms with Crippen LogP contribution in [0.25, 0.3) is 11.2 Å². The molecule has 0 spiro atoms. The second-order valence-corrected chi connectivity index (χ2v) is 8.08. The molecule has 1 atom stereocenters. The zero-order chi connectivity index (χ0) is 18.5. The summed E-state index contributed by atoms with van der Waals surface area (Å²) in [6.07, 6.45) is 1.16. The van der Waals surface area contributed by atoms with Gasteiger partial charge in [-0.2, -0.15) is 4.80 Å². The van der Waals surface area contributed by atoms with Gasteiger partial charge in [0.2, 0.25) is 17.4 Å². The van der Waals surface area contributed by atoms with E-state index in [9.17, 15) is 0 Å². The molecular formula is C17H24N8O. The van der Waals surface area contributed by atoms with Crippen molar-refractivity contribution in [1.29, 1.82) is 0 Å². The zero-order valence-electron chi connectivity index (χ0n) is 15.9. The first-order valence-electron chi connectivity index (χ1n) is 8.97. The second kappa shape index (κ2) is 6.00. The highest BCUT2D eigenvalue weighted by atomic mass is 16.4. The molecule has 138 valence electrons. The van der Waals surface area contributed by atoms with Crippen molar-refractivity contribution in [1.82, 2.24) is 35.2 Å². The van der Waals surface area contributed by atoms with Gasteiger partial charge >= 0.3 is 0 Å². The van der Waals surface area contributed by atoms with Gasteiger partial charge in [-0.1, -0.05) is 27.7 Å². The van der Waals surface area contributed by atoms with Gasteiger partial charge in [-0.15, -0.1) is 20.4 Å². The van der Waals surface area contributed by atoms with Crippen LogP contribution in [0.1, 0.15) is 51.7 Å². The molecule has 4 heterocycles. The predicted molar refractivity (Wildman–Crippen MR) is 95.9 cm³/mol. The number of aromatic nitrogens is 7. The van der Waals surface area contributed by atoms with E-state index < -0.39 is 0 Å². The average molecular weight is 356 g/mol. The molecule has 0 aromatic carbocycles. The van der Waals surface area contributed by atoms with Crippen molar-refractivity contribution in [2.45, 2.75) is 53.0 Å². The minimum atomic E-state index is -0.165. The van der Waals surface area contributed by atoms with Crippen LogP contribution in [-0.4, -0.2) is 48.2 Å². The lowest BCUT2D eigenvalue weighted by Gasteiger charge is -2.21. The lowest BCUT2D eigenvalue weighted by molar-refractivity contribution is 0.429. The number of aryl methyl sites for hydroxylation is 1. The van der Waals surface area contributed by atoms with Gasteiger partial charge in [0.25, 0.3) is 0 Å². The largest absolute Gasteiger partial charge is 0.423 e. The van der Waals surface area contributed by atoms with Gasteiger partial charge in [-0.25, -0.2) is 9.97 Å². The molecule has 26 heavy (non-hydrogen) atoms. The summed E-state index contributed by atoms with van der Waals surface area (Å²) in [7, 11) is 0. The van der Waals surface area contributed by atoms with Crippen molar-refractivity contribution in [3.05, 3.63) is 17.6 Å². The van der Waals surface area contributed by atoms with E-state index in [-0.39, 0.29) is 5.41 Å². The highest BCUT2D eigenvalue weighted by Gasteiger charge is 2.28. The minimum absolute atomic E-state index is 0.165. The van der Waals surface area contributed by atoms with Gasteiger partial charge in [-0.3, -0.25) is 0 Å². The summed E-state index contributed by atoms with van der Waals surface area (Å²) in [5.74, 6) is 3.30. The van der Waals surface area contributed by atoms with E-state index in [0.717, 1.165) is 36.7 Å². The SMILES string of the molecule is Cc1nnc(Cn2nc3nc(C(C)(C)C)nc(N4CCC(C)C4)c3n2)o1. The summed E-state index contributed by atoms with van der Waals surface area (Å²) in [5, 5.41) is 17.0. The van der Waals surface area contributed by atoms with Crippen LogP contribution in [0, 0.1) is 12.8 Å². The molecule has 0 radical (unpaired) electrons. The molecule has 0 bridgehead atoms. The summed E-state index contributed by atoms with van der Waals surface area (Å²) in [5.41, 5.74) is 1.17. The third-order valence-corrected chi connectivity index (χ3v) is 4.51. The standard InChI is InChI=1S/C17H24N8O/c1-10-6-7-24(8-10)15-13-14(18-16(19-15)17(3,4)5)23-25(22-13)9-12-21-20-11(2)26-12/h10H,6-9H2,1-5H3. The third-order valence-electron chi connectivity index (χ3n) is 4.51. The first-order valence-corrected chi connectivity index (χ1v) is 8.97. The van der Waals surface area contributed by atoms with Gasteiger partial charge in [0.15, 0.2) is 11.3 Å². The van der Waals surface area contributed by atoms with Crippen molar-refractivity contribution in [2.75, 3.05) is 18.0 Å². The Labute approximate surface area is 151 Å². The van der Waals surface area contributed by atoms with E-state index in [1.807, 2.05) is 0 Å². The summed E-state index contributed by atoms with van der Waals surface area (Å²) in [4.78, 5) is 13.4. The Balaban J connectivity index is 1.78. The number of rotatable bonds is 3. The summed E-state index contributed by atoms with van der Waals surface area (Å²) >= 11 is 0. The fraction of sp³-hybridized carbons (Fsp3) is 0.647. The van der Waals surface area contributed by atoms with Crippen LogP contribution in [0.15, 0.2) is 4.42 Å². The van der Waals surface area contributed by atoms with E-state index in [1.165, 1.54) is 0 Å². The van der Waals surface area contributed by atoms with Crippen molar-refractivity contribution in [3.63, 3.8) is 0 Å². The van der Waals surface area contributed by atoms with Gasteiger partial charge in [-0.05, 0) is 12.3 Å². The highest BCUT2D eigenvalue weighted by molar-refractivity contribution is 5.82. The fourth-order valence-corrected chi connectivity index (χ4v) is 3.11. The Bertz CT molecular complexity index is 938. The van der Waals surface area contributed by atoms with E-state index in [2.05, 4.69) is 58.0 Å². The van der Waals surface area contributed by atoms with E-state index in [4.69, 9.17) is 9.40 Å². The van der Waals surface area contributed by atoms with E-state index in [0.29, 0.717) is 29.9 Å². The minimum Gasteiger partial charge on any atom is -0.423 e. The molecule has 0 aliphatic carbocycles. The molecule has 9 nitrogen and oxygen atoms in total. The van der Waals surface area contributed by atoms with Crippen LogP contribution in [0.2, 0.25) is 0 Å². The van der Waals surface area contributed by atoms with Crippen molar-refractivity contribution in [2.24, 2.45) is 5.92 Å². The Kier molecular flexibility index (Phi) is 3.89. The molecular weight excluding hydrogens is 332 g/mol. The molecule has 9 heteroatoms. The van der Waals surface area contributed by atoms with Gasteiger partial charge in [0.1, 0.15) is 12.4 Å². The maximum atomic E-state index is 5.44. The Morgan fingerprint density at radius 3 is 2.58 bits per heavy atom. The molecule has 0 amide bonds. The number of nitrogens with zero attached hydrogens (tertiary/aromatic N) is 8. The number of hydrogen-bond donors (Lipinski definition) is 0. The van der Waals surface area contributed by atoms with Gasteiger partial charge in [0, 0.05) is 25.4 Å². The lowest BCUT2D eigenvalue weighted by Crippen LogP contribution is -2.24. The normalized spacial score (nSPS) is 18.2. The van der Waals surface area contributed by atoms with Crippen molar-refractivity contribution < 1.29 is 4.42 Å². The zero-order valence-corrected chi connectivity index (χ0v) is 15.9. The molecule has 3 aromatic rings. The maximum Gasteiger partial charge on any atom is 0.239 e. The summed E-state index contributed by atoms with van der Waals surface area (Å²) < 4.78 is 5.44. The molecule has 1 aliphatic rings. The fourth-order valence-electron chi connectivity index (χ4n) is 3.11. The van der Waals surface area contributed by atoms with Crippen LogP contribution in [0.5, 0.6) is 0 Å². The molecule has 0 N–H and O–H groups in total. The maximum absolute atomic E-state index is 5.44. The number of hydrogen-bond acceptors (Lipinski definition) is 8. The topological polar surface area (TPSA) is 98.6 Å². The molecule has 3 aromatic heterocycles. The molecule has 0 saturated carbocycles. The number of fused-ring (bicyclic) bond motifs is 1. The van der Waals surface area contributed by atoms with Crippen LogP contribution in [-0.2, 0) is 12.0 Å². The van der Waals surface area contributed by atoms with Crippen molar-refractivity contribution in [3.8, 4) is 0 Å². The van der Waals surface area contributed by atoms with Crippen LogP contribution in [0.3, 0.4) is 0 Å².